The van der Waals surface area contributed by atoms with Gasteiger partial charge in [0.2, 0.25) is 0 Å². The maximum Gasteiger partial charge on any atom is 0.333 e. The molecule has 210 valence electrons. The fraction of sp³-hybridized carbons (Fsp3) is 0.840. The SMILES string of the molecule is C=C(C)C(=O)OCC(C)OO.CC(COC(=O)C1CC1C)OO.CC1(C)CC(N)CC(C)(CN)C1.[HH].[HH]. The number of hydrogen-bond acceptors (Lipinski definition) is 10. The van der Waals surface area contributed by atoms with E-state index in [-0.39, 0.29) is 33.4 Å². The highest BCUT2D eigenvalue weighted by Gasteiger charge is 2.40. The Kier molecular flexibility index (Phi) is 14.8. The van der Waals surface area contributed by atoms with Crippen molar-refractivity contribution in [2.45, 2.75) is 92.4 Å². The number of hydrogen-bond donors (Lipinski definition) is 4. The predicted octanol–water partition coefficient (Wildman–Crippen LogP) is 4.03. The molecule has 6 unspecified atom stereocenters. The lowest BCUT2D eigenvalue weighted by Gasteiger charge is -2.45. The Morgan fingerprint density at radius 1 is 1.09 bits per heavy atom. The van der Waals surface area contributed by atoms with Gasteiger partial charge in [0.25, 0.3) is 0 Å². The summed E-state index contributed by atoms with van der Waals surface area (Å²) in [6, 6.07) is 0.349. The second-order valence-corrected chi connectivity index (χ2v) is 11.2. The van der Waals surface area contributed by atoms with E-state index in [9.17, 15) is 9.59 Å². The molecule has 0 bridgehead atoms. The minimum Gasteiger partial charge on any atom is -0.463 e. The quantitative estimate of drug-likeness (QED) is 0.155. The second-order valence-electron chi connectivity index (χ2n) is 11.2. The van der Waals surface area contributed by atoms with E-state index in [1.54, 1.807) is 20.8 Å². The molecular weight excluding hydrogens is 456 g/mol. The standard InChI is InChI=1S/C10H22N2.C8H14O4.C7H12O4.2H2/c1-9(2)4-8(12)5-10(3,6-9)7-11;1-5-3-7(5)8(9)11-4-6(2)12-10;1-5(2)7(8)10-4-6(3)11-9;;/h8H,4-7,11-12H2,1-3H3;5-7,10H,3-4H2,1-2H3;6,9H,1,4H2,2-3H3;2*1H. The maximum atomic E-state index is 11.1. The van der Waals surface area contributed by atoms with Gasteiger partial charge in [-0.2, -0.15) is 0 Å². The van der Waals surface area contributed by atoms with Gasteiger partial charge in [-0.25, -0.2) is 14.6 Å². The predicted molar refractivity (Wildman–Crippen MR) is 137 cm³/mol. The average molecular weight is 509 g/mol. The monoisotopic (exact) mass is 508 g/mol. The third kappa shape index (κ3) is 14.6. The van der Waals surface area contributed by atoms with Gasteiger partial charge in [0.05, 0.1) is 5.92 Å². The van der Waals surface area contributed by atoms with Crippen LogP contribution in [0.3, 0.4) is 0 Å². The van der Waals surface area contributed by atoms with Gasteiger partial charge in [-0.3, -0.25) is 15.3 Å². The third-order valence-electron chi connectivity index (χ3n) is 6.00. The number of esters is 2. The van der Waals surface area contributed by atoms with Crippen LogP contribution in [-0.4, -0.2) is 60.5 Å². The molecule has 0 spiro atoms. The van der Waals surface area contributed by atoms with Crippen molar-refractivity contribution in [3.63, 3.8) is 0 Å². The normalized spacial score (nSPS) is 28.1. The average Bonchev–Trinajstić information content (AvgIpc) is 3.50. The van der Waals surface area contributed by atoms with Crippen molar-refractivity contribution in [3.8, 4) is 0 Å². The van der Waals surface area contributed by atoms with Gasteiger partial charge in [0, 0.05) is 14.5 Å². The second kappa shape index (κ2) is 15.5. The molecule has 0 aliphatic heterocycles. The highest BCUT2D eigenvalue weighted by atomic mass is 17.1. The van der Waals surface area contributed by atoms with Crippen molar-refractivity contribution in [1.29, 1.82) is 0 Å². The molecule has 0 aromatic heterocycles. The summed E-state index contributed by atoms with van der Waals surface area (Å²) in [6.45, 7) is 17.9. The summed E-state index contributed by atoms with van der Waals surface area (Å²) in [5, 5.41) is 16.2. The lowest BCUT2D eigenvalue weighted by molar-refractivity contribution is -0.280. The zero-order valence-corrected chi connectivity index (χ0v) is 22.5. The molecule has 0 amide bonds. The Morgan fingerprint density at radius 2 is 1.57 bits per heavy atom. The summed E-state index contributed by atoms with van der Waals surface area (Å²) in [5.74, 6) is -0.112. The smallest absolute Gasteiger partial charge is 0.333 e. The summed E-state index contributed by atoms with van der Waals surface area (Å²) in [6.07, 6.45) is 3.42. The molecule has 35 heavy (non-hydrogen) atoms. The summed E-state index contributed by atoms with van der Waals surface area (Å²) in [5.41, 5.74) is 12.8. The highest BCUT2D eigenvalue weighted by molar-refractivity contribution is 5.86. The van der Waals surface area contributed by atoms with E-state index in [4.69, 9.17) is 26.7 Å². The molecule has 2 rings (SSSR count). The molecule has 2 aliphatic carbocycles. The first-order valence-corrected chi connectivity index (χ1v) is 12.1. The molecule has 0 aromatic carbocycles. The molecule has 2 aliphatic rings. The molecule has 0 aromatic rings. The number of carbonyl (C=O) groups excluding carboxylic acids is 2. The lowest BCUT2D eigenvalue weighted by Crippen LogP contribution is -2.45. The van der Waals surface area contributed by atoms with Crippen molar-refractivity contribution in [2.75, 3.05) is 19.8 Å². The molecule has 0 saturated heterocycles. The van der Waals surface area contributed by atoms with Crippen LogP contribution >= 0.6 is 0 Å². The van der Waals surface area contributed by atoms with Crippen LogP contribution < -0.4 is 11.5 Å². The lowest BCUT2D eigenvalue weighted by atomic mass is 9.63. The molecule has 0 radical (unpaired) electrons. The third-order valence-corrected chi connectivity index (χ3v) is 6.00. The minimum absolute atomic E-state index is 0. The Bertz CT molecular complexity index is 683. The van der Waals surface area contributed by atoms with Crippen LogP contribution in [0.1, 0.15) is 77.0 Å². The van der Waals surface area contributed by atoms with Crippen molar-refractivity contribution in [3.05, 3.63) is 12.2 Å². The Balaban J connectivity index is -0.000000457. The molecular formula is C25H52N2O8. The Morgan fingerprint density at radius 3 is 1.94 bits per heavy atom. The van der Waals surface area contributed by atoms with E-state index in [1.165, 1.54) is 6.42 Å². The molecule has 6 atom stereocenters. The van der Waals surface area contributed by atoms with Crippen LogP contribution in [0.25, 0.3) is 0 Å². The molecule has 10 heteroatoms. The molecule has 2 fully saturated rings. The number of nitrogens with two attached hydrogens (primary N) is 2. The van der Waals surface area contributed by atoms with Crippen LogP contribution in [0.15, 0.2) is 12.2 Å². The maximum absolute atomic E-state index is 11.1. The zero-order chi connectivity index (χ0) is 27.4. The van der Waals surface area contributed by atoms with Crippen molar-refractivity contribution in [1.82, 2.24) is 0 Å². The van der Waals surface area contributed by atoms with Gasteiger partial charge < -0.3 is 20.9 Å². The van der Waals surface area contributed by atoms with E-state index in [2.05, 4.69) is 41.9 Å². The van der Waals surface area contributed by atoms with Gasteiger partial charge in [0.15, 0.2) is 0 Å². The topological polar surface area (TPSA) is 164 Å². The first-order chi connectivity index (χ1) is 16.1. The van der Waals surface area contributed by atoms with E-state index in [0.29, 0.717) is 22.9 Å². The van der Waals surface area contributed by atoms with Gasteiger partial charge >= 0.3 is 11.9 Å². The van der Waals surface area contributed by atoms with E-state index in [1.807, 2.05) is 6.92 Å². The molecule has 10 nitrogen and oxygen atoms in total. The first-order valence-electron chi connectivity index (χ1n) is 12.1. The zero-order valence-electron chi connectivity index (χ0n) is 22.5. The molecule has 6 N–H and O–H groups in total. The van der Waals surface area contributed by atoms with Crippen molar-refractivity contribution >= 4 is 11.9 Å². The fourth-order valence-corrected chi connectivity index (χ4v) is 4.20. The van der Waals surface area contributed by atoms with E-state index < -0.39 is 18.2 Å². The Hall–Kier alpha value is -1.56. The van der Waals surface area contributed by atoms with Crippen LogP contribution in [0.5, 0.6) is 0 Å². The number of carbonyl (C=O) groups is 2. The first kappa shape index (κ1) is 33.4. The fourth-order valence-electron chi connectivity index (χ4n) is 4.20. The van der Waals surface area contributed by atoms with Gasteiger partial charge in [-0.05, 0) is 69.7 Å². The summed E-state index contributed by atoms with van der Waals surface area (Å²) in [4.78, 5) is 29.6. The summed E-state index contributed by atoms with van der Waals surface area (Å²) in [7, 11) is 0. The van der Waals surface area contributed by atoms with Crippen LogP contribution in [0.2, 0.25) is 0 Å². The van der Waals surface area contributed by atoms with Crippen LogP contribution in [-0.2, 0) is 28.8 Å². The van der Waals surface area contributed by atoms with Crippen molar-refractivity contribution < 1.29 is 42.2 Å². The van der Waals surface area contributed by atoms with Crippen LogP contribution in [0.4, 0.5) is 0 Å². The van der Waals surface area contributed by atoms with E-state index >= 15 is 0 Å². The van der Waals surface area contributed by atoms with Gasteiger partial charge in [-0.15, -0.1) is 0 Å². The van der Waals surface area contributed by atoms with E-state index in [0.717, 1.165) is 25.8 Å². The summed E-state index contributed by atoms with van der Waals surface area (Å²) < 4.78 is 9.50. The highest BCUT2D eigenvalue weighted by Crippen LogP contribution is 2.44. The minimum atomic E-state index is -0.502. The Labute approximate surface area is 213 Å². The van der Waals surface area contributed by atoms with Crippen LogP contribution in [0, 0.1) is 22.7 Å². The largest absolute Gasteiger partial charge is 0.463 e. The van der Waals surface area contributed by atoms with Crippen molar-refractivity contribution in [2.24, 2.45) is 34.1 Å². The van der Waals surface area contributed by atoms with Gasteiger partial charge in [0.1, 0.15) is 25.4 Å². The number of ether oxygens (including phenoxy) is 2. The summed E-state index contributed by atoms with van der Waals surface area (Å²) >= 11 is 0. The van der Waals surface area contributed by atoms with Gasteiger partial charge in [-0.1, -0.05) is 34.3 Å². The molecule has 0 heterocycles. The number of rotatable bonds is 9. The molecule has 2 saturated carbocycles.